The molecule has 1 aliphatic rings. The first-order valence-corrected chi connectivity index (χ1v) is 8.31. The number of benzene rings is 2. The number of nitrogens with zero attached hydrogens (tertiary/aromatic N) is 2. The van der Waals surface area contributed by atoms with Crippen molar-refractivity contribution in [2.75, 3.05) is 31.1 Å². The topological polar surface area (TPSA) is 23.6 Å². The van der Waals surface area contributed by atoms with Gasteiger partial charge in [-0.2, -0.15) is 0 Å². The number of carbonyl (C=O) groups excluding carboxylic acids is 1. The van der Waals surface area contributed by atoms with Gasteiger partial charge in [0.1, 0.15) is 6.29 Å². The van der Waals surface area contributed by atoms with E-state index in [-0.39, 0.29) is 0 Å². The van der Waals surface area contributed by atoms with E-state index < -0.39 is 0 Å². The number of hydrogen-bond acceptors (Lipinski definition) is 3. The predicted molar refractivity (Wildman–Crippen MR) is 93.5 cm³/mol. The average Bonchev–Trinajstić information content (AvgIpc) is 2.56. The largest absolute Gasteiger partial charge is 0.368 e. The Balaban J connectivity index is 1.61. The zero-order valence-electron chi connectivity index (χ0n) is 12.4. The van der Waals surface area contributed by atoms with E-state index in [1.807, 2.05) is 18.2 Å². The fourth-order valence-corrected chi connectivity index (χ4v) is 3.49. The van der Waals surface area contributed by atoms with Gasteiger partial charge in [0.25, 0.3) is 0 Å². The second-order valence-corrected chi connectivity index (χ2v) is 6.43. The Morgan fingerprint density at radius 1 is 1.00 bits per heavy atom. The van der Waals surface area contributed by atoms with Crippen molar-refractivity contribution in [1.29, 1.82) is 0 Å². The molecule has 0 aliphatic carbocycles. The summed E-state index contributed by atoms with van der Waals surface area (Å²) in [6.07, 6.45) is 0.881. The maximum Gasteiger partial charge on any atom is 0.150 e. The summed E-state index contributed by atoms with van der Waals surface area (Å²) in [6, 6.07) is 16.4. The first-order chi connectivity index (χ1) is 10.8. The molecule has 114 valence electrons. The highest BCUT2D eigenvalue weighted by molar-refractivity contribution is 9.10. The number of halogens is 1. The molecule has 0 unspecified atom stereocenters. The molecule has 3 nitrogen and oxygen atoms in total. The summed E-state index contributed by atoms with van der Waals surface area (Å²) in [5, 5.41) is 0. The van der Waals surface area contributed by atoms with Crippen LogP contribution >= 0.6 is 15.9 Å². The highest BCUT2D eigenvalue weighted by Gasteiger charge is 2.18. The minimum atomic E-state index is 0.707. The molecule has 0 N–H and O–H groups in total. The van der Waals surface area contributed by atoms with E-state index in [0.717, 1.165) is 43.5 Å². The molecule has 22 heavy (non-hydrogen) atoms. The Kier molecular flexibility index (Phi) is 4.90. The van der Waals surface area contributed by atoms with Crippen LogP contribution in [0.15, 0.2) is 53.0 Å². The first-order valence-electron chi connectivity index (χ1n) is 7.52. The lowest BCUT2D eigenvalue weighted by Gasteiger charge is -2.36. The molecule has 0 saturated carbocycles. The zero-order valence-corrected chi connectivity index (χ0v) is 14.0. The lowest BCUT2D eigenvalue weighted by molar-refractivity contribution is 0.112. The SMILES string of the molecule is O=Cc1ccc(N2CCN(Cc3ccccc3)CC2)c(Br)c1. The van der Waals surface area contributed by atoms with Crippen LogP contribution in [-0.4, -0.2) is 37.4 Å². The van der Waals surface area contributed by atoms with Crippen molar-refractivity contribution in [3.63, 3.8) is 0 Å². The van der Waals surface area contributed by atoms with Gasteiger partial charge in [0.05, 0.1) is 5.69 Å². The van der Waals surface area contributed by atoms with Crippen molar-refractivity contribution in [3.05, 3.63) is 64.1 Å². The van der Waals surface area contributed by atoms with E-state index in [2.05, 4.69) is 56.1 Å². The fourth-order valence-electron chi connectivity index (χ4n) is 2.84. The molecule has 0 aromatic heterocycles. The zero-order chi connectivity index (χ0) is 15.4. The quantitative estimate of drug-likeness (QED) is 0.780. The monoisotopic (exact) mass is 358 g/mol. The van der Waals surface area contributed by atoms with Gasteiger partial charge in [0, 0.05) is 42.8 Å². The summed E-state index contributed by atoms with van der Waals surface area (Å²) in [6.45, 7) is 5.13. The van der Waals surface area contributed by atoms with Crippen molar-refractivity contribution in [2.24, 2.45) is 0 Å². The lowest BCUT2D eigenvalue weighted by Crippen LogP contribution is -2.46. The Bertz CT molecular complexity index is 637. The number of rotatable bonds is 4. The summed E-state index contributed by atoms with van der Waals surface area (Å²) >= 11 is 3.58. The van der Waals surface area contributed by atoms with Crippen LogP contribution in [0.3, 0.4) is 0 Å². The van der Waals surface area contributed by atoms with Crippen molar-refractivity contribution in [2.45, 2.75) is 6.54 Å². The van der Waals surface area contributed by atoms with Crippen molar-refractivity contribution in [3.8, 4) is 0 Å². The summed E-state index contributed by atoms with van der Waals surface area (Å²) < 4.78 is 0.994. The lowest BCUT2D eigenvalue weighted by atomic mass is 10.1. The first kappa shape index (κ1) is 15.3. The van der Waals surface area contributed by atoms with E-state index in [4.69, 9.17) is 0 Å². The van der Waals surface area contributed by atoms with Gasteiger partial charge in [-0.3, -0.25) is 9.69 Å². The van der Waals surface area contributed by atoms with Crippen LogP contribution in [0.4, 0.5) is 5.69 Å². The highest BCUT2D eigenvalue weighted by Crippen LogP contribution is 2.28. The van der Waals surface area contributed by atoms with Gasteiger partial charge in [-0.15, -0.1) is 0 Å². The maximum absolute atomic E-state index is 10.8. The molecule has 0 radical (unpaired) electrons. The molecule has 4 heteroatoms. The molecule has 1 heterocycles. The summed E-state index contributed by atoms with van der Waals surface area (Å²) in [5.41, 5.74) is 3.25. The molecule has 0 bridgehead atoms. The summed E-state index contributed by atoms with van der Waals surface area (Å²) in [4.78, 5) is 15.7. The number of hydrogen-bond donors (Lipinski definition) is 0. The van der Waals surface area contributed by atoms with E-state index >= 15 is 0 Å². The summed E-state index contributed by atoms with van der Waals surface area (Å²) in [7, 11) is 0. The van der Waals surface area contributed by atoms with Gasteiger partial charge in [-0.1, -0.05) is 30.3 Å². The molecule has 1 aliphatic heterocycles. The van der Waals surface area contributed by atoms with Gasteiger partial charge in [0.2, 0.25) is 0 Å². The maximum atomic E-state index is 10.8. The van der Waals surface area contributed by atoms with Crippen LogP contribution in [0.2, 0.25) is 0 Å². The molecular weight excluding hydrogens is 340 g/mol. The van der Waals surface area contributed by atoms with Gasteiger partial charge < -0.3 is 4.90 Å². The molecule has 0 atom stereocenters. The van der Waals surface area contributed by atoms with E-state index in [9.17, 15) is 4.79 Å². The molecular formula is C18H19BrN2O. The van der Waals surface area contributed by atoms with Gasteiger partial charge in [0.15, 0.2) is 0 Å². The molecule has 2 aromatic rings. The van der Waals surface area contributed by atoms with Crippen molar-refractivity contribution in [1.82, 2.24) is 4.90 Å². The van der Waals surface area contributed by atoms with E-state index in [1.165, 1.54) is 11.3 Å². The third-order valence-corrected chi connectivity index (χ3v) is 4.70. The molecule has 3 rings (SSSR count). The van der Waals surface area contributed by atoms with Crippen LogP contribution in [0.5, 0.6) is 0 Å². The van der Waals surface area contributed by atoms with Crippen molar-refractivity contribution >= 4 is 27.9 Å². The van der Waals surface area contributed by atoms with Crippen LogP contribution in [-0.2, 0) is 6.54 Å². The number of anilines is 1. The second kappa shape index (κ2) is 7.07. The van der Waals surface area contributed by atoms with Gasteiger partial charge in [-0.05, 0) is 39.7 Å². The van der Waals surface area contributed by atoms with Crippen LogP contribution in [0.1, 0.15) is 15.9 Å². The minimum Gasteiger partial charge on any atom is -0.368 e. The minimum absolute atomic E-state index is 0.707. The Morgan fingerprint density at radius 2 is 1.73 bits per heavy atom. The Labute approximate surface area is 139 Å². The number of carbonyl (C=O) groups is 1. The molecule has 0 spiro atoms. The number of aldehydes is 1. The van der Waals surface area contributed by atoms with Crippen LogP contribution in [0, 0.1) is 0 Å². The van der Waals surface area contributed by atoms with Crippen LogP contribution in [0.25, 0.3) is 0 Å². The molecule has 1 fully saturated rings. The van der Waals surface area contributed by atoms with Gasteiger partial charge in [-0.25, -0.2) is 0 Å². The van der Waals surface area contributed by atoms with Crippen LogP contribution < -0.4 is 4.90 Å². The number of piperazine rings is 1. The average molecular weight is 359 g/mol. The molecule has 1 saturated heterocycles. The highest BCUT2D eigenvalue weighted by atomic mass is 79.9. The third kappa shape index (κ3) is 3.57. The second-order valence-electron chi connectivity index (χ2n) is 5.58. The van der Waals surface area contributed by atoms with Crippen molar-refractivity contribution < 1.29 is 4.79 Å². The van der Waals surface area contributed by atoms with E-state index in [0.29, 0.717) is 5.56 Å². The summed E-state index contributed by atoms with van der Waals surface area (Å²) in [5.74, 6) is 0. The van der Waals surface area contributed by atoms with E-state index in [1.54, 1.807) is 0 Å². The fraction of sp³-hybridized carbons (Fsp3) is 0.278. The Morgan fingerprint density at radius 3 is 2.36 bits per heavy atom. The Hall–Kier alpha value is -1.65. The molecule has 2 aromatic carbocycles. The standard InChI is InChI=1S/C18H19BrN2O/c19-17-12-16(14-22)6-7-18(17)21-10-8-20(9-11-21)13-15-4-2-1-3-5-15/h1-7,12,14H,8-11,13H2. The van der Waals surface area contributed by atoms with Gasteiger partial charge >= 0.3 is 0 Å². The predicted octanol–water partition coefficient (Wildman–Crippen LogP) is 3.58. The smallest absolute Gasteiger partial charge is 0.150 e. The normalized spacial score (nSPS) is 15.8. The molecule has 0 amide bonds. The third-order valence-electron chi connectivity index (χ3n) is 4.07.